The maximum absolute atomic E-state index is 10.0. The van der Waals surface area contributed by atoms with Crippen LogP contribution < -0.4 is 22.7 Å². The fourth-order valence-corrected chi connectivity index (χ4v) is 0.669. The molecule has 1 radical (unpaired) electrons. The van der Waals surface area contributed by atoms with Gasteiger partial charge in [0.15, 0.2) is 0 Å². The van der Waals surface area contributed by atoms with Gasteiger partial charge in [-0.05, 0) is 19.5 Å². The number of hydrogen-bond donors (Lipinski definition) is 4. The van der Waals surface area contributed by atoms with Crippen molar-refractivity contribution in [2.45, 2.75) is 46.6 Å². The van der Waals surface area contributed by atoms with Gasteiger partial charge in [-0.25, -0.2) is 6.29 Å². The second-order valence-corrected chi connectivity index (χ2v) is 2.76. The molecule has 105 valence electrons. The molecule has 5 nitrogen and oxygen atoms in total. The van der Waals surface area contributed by atoms with E-state index in [1.165, 1.54) is 0 Å². The second-order valence-electron chi connectivity index (χ2n) is 2.76. The maximum atomic E-state index is 10.0. The van der Waals surface area contributed by atoms with E-state index in [0.717, 1.165) is 25.7 Å². The number of nitrogens with one attached hydrogen (secondary N) is 1. The summed E-state index contributed by atoms with van der Waals surface area (Å²) in [6, 6.07) is -0.327. The predicted molar refractivity (Wildman–Crippen MR) is 72.2 cm³/mol. The first-order chi connectivity index (χ1) is 6.76. The van der Waals surface area contributed by atoms with Gasteiger partial charge in [0, 0.05) is 32.7 Å². The number of carbonyl (C=O) groups excluding carboxylic acids is 1. The minimum Gasteiger partial charge on any atom is -0.540 e. The topological polar surface area (TPSA) is 107 Å². The first-order valence-corrected chi connectivity index (χ1v) is 4.79. The third kappa shape index (κ3) is 31.5. The molecule has 6 heteroatoms. The molecule has 0 rings (SSSR count). The van der Waals surface area contributed by atoms with Gasteiger partial charge in [0.2, 0.25) is 0 Å². The average molecular weight is 323 g/mol. The van der Waals surface area contributed by atoms with Gasteiger partial charge in [-0.2, -0.15) is 6.42 Å². The largest absolute Gasteiger partial charge is 0.540 e. The van der Waals surface area contributed by atoms with Crippen LogP contribution in [0.25, 0.3) is 0 Å². The van der Waals surface area contributed by atoms with Crippen LogP contribution in [0.5, 0.6) is 0 Å². The van der Waals surface area contributed by atoms with Crippen LogP contribution in [-0.4, -0.2) is 25.4 Å². The molecule has 0 saturated carbocycles. The first-order valence-electron chi connectivity index (χ1n) is 4.79. The summed E-state index contributed by atoms with van der Waals surface area (Å²) in [6.45, 7) is 4.85. The Hall–Kier alpha value is 0.614. The molecular weight excluding hydrogens is 293 g/mol. The summed E-state index contributed by atoms with van der Waals surface area (Å²) in [5.41, 5.74) is 12.6. The Bertz CT molecular complexity index is 116. The summed E-state index contributed by atoms with van der Waals surface area (Å²) in [4.78, 5) is 10.0. The van der Waals surface area contributed by atoms with Crippen molar-refractivity contribution in [3.8, 4) is 0 Å². The first kappa shape index (κ1) is 30.6. The molecule has 0 unspecified atom stereocenters. The second kappa shape index (κ2) is 30.0. The molecule has 1 atom stereocenters. The van der Waals surface area contributed by atoms with E-state index < -0.39 is 0 Å². The minimum atomic E-state index is -0.327. The van der Waals surface area contributed by atoms with Crippen molar-refractivity contribution in [1.29, 1.82) is 0 Å². The summed E-state index contributed by atoms with van der Waals surface area (Å²) in [7, 11) is 0. The molecule has 0 aliphatic carbocycles. The Morgan fingerprint density at radius 2 is 1.65 bits per heavy atom. The molecule has 0 spiro atoms. The minimum absolute atomic E-state index is 0. The normalized spacial score (nSPS) is 9.41. The molecule has 0 aromatic heterocycles. The van der Waals surface area contributed by atoms with Crippen LogP contribution in [0.3, 0.4) is 0 Å². The zero-order valence-electron chi connectivity index (χ0n) is 9.24. The molecule has 0 aliphatic heterocycles. The van der Waals surface area contributed by atoms with Gasteiger partial charge in [0.05, 0.1) is 0 Å². The van der Waals surface area contributed by atoms with Crippen LogP contribution in [0.1, 0.15) is 40.5 Å². The van der Waals surface area contributed by atoms with Gasteiger partial charge < -0.3 is 23.2 Å². The Labute approximate surface area is 132 Å². The van der Waals surface area contributed by atoms with E-state index in [0.29, 0.717) is 13.1 Å². The van der Waals surface area contributed by atoms with Crippen molar-refractivity contribution in [3.05, 3.63) is 6.92 Å². The Kier molecular flexibility index (Phi) is 54.0. The van der Waals surface area contributed by atoms with Crippen molar-refractivity contribution in [2.75, 3.05) is 13.1 Å². The fourth-order valence-electron chi connectivity index (χ4n) is 0.669. The van der Waals surface area contributed by atoms with Crippen LogP contribution in [-0.2, 0) is 37.5 Å². The van der Waals surface area contributed by atoms with Crippen LogP contribution in [0.15, 0.2) is 0 Å². The summed E-state index contributed by atoms with van der Waals surface area (Å²) < 4.78 is 0. The quantitative estimate of drug-likeness (QED) is 0.236. The zero-order valence-corrected chi connectivity index (χ0v) is 12.1. The molecule has 0 aromatic rings. The molecule has 0 heterocycles. The third-order valence-electron chi connectivity index (χ3n) is 1.49. The van der Waals surface area contributed by atoms with Crippen molar-refractivity contribution >= 4 is 6.29 Å². The molecular formula is C11H30N4OY-2. The maximum Gasteiger partial charge on any atom is 0 e. The fraction of sp³-hybridized carbons (Fsp3) is 0.818. The van der Waals surface area contributed by atoms with Crippen LogP contribution in [0.2, 0.25) is 0 Å². The van der Waals surface area contributed by atoms with Gasteiger partial charge in [0.1, 0.15) is 0 Å². The zero-order chi connectivity index (χ0) is 11.2. The van der Waals surface area contributed by atoms with Crippen molar-refractivity contribution in [2.24, 2.45) is 17.3 Å². The van der Waals surface area contributed by atoms with Gasteiger partial charge >= 0.3 is 0 Å². The molecule has 0 aromatic carbocycles. The molecule has 0 bridgehead atoms. The van der Waals surface area contributed by atoms with Crippen LogP contribution in [0.4, 0.5) is 0 Å². The van der Waals surface area contributed by atoms with E-state index in [-0.39, 0.29) is 53.6 Å². The molecule has 17 heavy (non-hydrogen) atoms. The SMILES string of the molecule is C.C.NCCCC[C@@H]([C-]=O)NN.[CH2-]CCN.[Y]. The molecule has 0 aliphatic rings. The standard InChI is InChI=1S/C6H14N3O.C3H8N.2CH4.Y/c7-4-2-1-3-6(5-10)9-8;1-2-3-4;;;/h6,9H,1-4,7-8H2;1-4H2;2*1H4;/q2*-1;;;/t6-;;;;/m0..../s1. The van der Waals surface area contributed by atoms with E-state index in [9.17, 15) is 4.79 Å². The van der Waals surface area contributed by atoms with Crippen molar-refractivity contribution in [3.63, 3.8) is 0 Å². The number of unbranched alkanes of at least 4 members (excludes halogenated alkanes) is 1. The third-order valence-corrected chi connectivity index (χ3v) is 1.49. The van der Waals surface area contributed by atoms with Crippen molar-refractivity contribution in [1.82, 2.24) is 5.43 Å². The monoisotopic (exact) mass is 323 g/mol. The van der Waals surface area contributed by atoms with E-state index in [1.54, 1.807) is 6.29 Å². The molecule has 7 N–H and O–H groups in total. The number of nitrogens with two attached hydrogens (primary N) is 3. The summed E-state index contributed by atoms with van der Waals surface area (Å²) >= 11 is 0. The van der Waals surface area contributed by atoms with Crippen LogP contribution >= 0.6 is 0 Å². The summed E-state index contributed by atoms with van der Waals surface area (Å²) in [5.74, 6) is 5.02. The average Bonchev–Trinajstić information content (AvgIpc) is 2.25. The summed E-state index contributed by atoms with van der Waals surface area (Å²) in [5, 5.41) is 0. The smallest absolute Gasteiger partial charge is 0 e. The van der Waals surface area contributed by atoms with E-state index in [1.807, 2.05) is 0 Å². The van der Waals surface area contributed by atoms with E-state index >= 15 is 0 Å². The molecule has 0 fully saturated rings. The van der Waals surface area contributed by atoms with E-state index in [2.05, 4.69) is 12.3 Å². The Morgan fingerprint density at radius 3 is 1.88 bits per heavy atom. The van der Waals surface area contributed by atoms with Gasteiger partial charge in [-0.1, -0.05) is 33.7 Å². The number of hydrazine groups is 1. The van der Waals surface area contributed by atoms with E-state index in [4.69, 9.17) is 17.3 Å². The Morgan fingerprint density at radius 1 is 1.18 bits per heavy atom. The van der Waals surface area contributed by atoms with Gasteiger partial charge in [-0.3, -0.25) is 11.3 Å². The molecule has 0 amide bonds. The van der Waals surface area contributed by atoms with Gasteiger partial charge in [-0.15, -0.1) is 0 Å². The van der Waals surface area contributed by atoms with Gasteiger partial charge in [0.25, 0.3) is 0 Å². The van der Waals surface area contributed by atoms with Crippen LogP contribution in [0, 0.1) is 6.92 Å². The number of hydrogen-bond acceptors (Lipinski definition) is 5. The molecule has 0 saturated heterocycles. The van der Waals surface area contributed by atoms with Crippen molar-refractivity contribution < 1.29 is 37.5 Å². The predicted octanol–water partition coefficient (Wildman–Crippen LogP) is 0.496. The Balaban J connectivity index is -0.0000000607. The summed E-state index contributed by atoms with van der Waals surface area (Å²) in [6.07, 6.45) is 5.20. The number of rotatable bonds is 7.